The molecule has 0 saturated carbocycles. The average molecular weight is 400 g/mol. The Labute approximate surface area is 172 Å². The highest BCUT2D eigenvalue weighted by atomic mass is 19.1. The van der Waals surface area contributed by atoms with Crippen LogP contribution in [0.5, 0.6) is 5.75 Å². The molecule has 1 N–H and O–H groups in total. The van der Waals surface area contributed by atoms with Crippen molar-refractivity contribution < 1.29 is 19.0 Å². The van der Waals surface area contributed by atoms with Crippen molar-refractivity contribution in [2.45, 2.75) is 38.5 Å². The van der Waals surface area contributed by atoms with Gasteiger partial charge in [-0.05, 0) is 87.5 Å². The molecule has 1 aliphatic heterocycles. The van der Waals surface area contributed by atoms with E-state index < -0.39 is 5.97 Å². The fourth-order valence-corrected chi connectivity index (χ4v) is 3.80. The van der Waals surface area contributed by atoms with E-state index in [1.807, 2.05) is 30.3 Å². The normalized spacial score (nSPS) is 15.3. The second-order valence-corrected chi connectivity index (χ2v) is 7.74. The van der Waals surface area contributed by atoms with Gasteiger partial charge in [0.15, 0.2) is 0 Å². The lowest BCUT2D eigenvalue weighted by molar-refractivity contribution is -0.143. The predicted octanol–water partition coefficient (Wildman–Crippen LogP) is 4.57. The quantitative estimate of drug-likeness (QED) is 0.595. The molecule has 1 saturated heterocycles. The van der Waals surface area contributed by atoms with E-state index in [0.29, 0.717) is 6.61 Å². The molecule has 1 fully saturated rings. The number of benzene rings is 2. The molecule has 5 heteroatoms. The number of para-hydroxylation sites is 1. The summed E-state index contributed by atoms with van der Waals surface area (Å²) in [6, 6.07) is 14.8. The number of hydrogen-bond donors (Lipinski definition) is 1. The Balaban J connectivity index is 1.36. The van der Waals surface area contributed by atoms with E-state index in [-0.39, 0.29) is 11.7 Å². The van der Waals surface area contributed by atoms with E-state index in [2.05, 4.69) is 11.0 Å². The third-order valence-corrected chi connectivity index (χ3v) is 5.63. The van der Waals surface area contributed by atoms with E-state index in [9.17, 15) is 9.18 Å². The third kappa shape index (κ3) is 6.86. The van der Waals surface area contributed by atoms with Gasteiger partial charge in [0.05, 0.1) is 12.5 Å². The molecule has 1 aliphatic rings. The molecule has 0 aliphatic carbocycles. The van der Waals surface area contributed by atoms with Crippen molar-refractivity contribution in [2.75, 3.05) is 26.2 Å². The summed E-state index contributed by atoms with van der Waals surface area (Å²) in [6.45, 7) is 3.44. The van der Waals surface area contributed by atoms with E-state index in [4.69, 9.17) is 9.84 Å². The van der Waals surface area contributed by atoms with Gasteiger partial charge in [0.25, 0.3) is 0 Å². The average Bonchev–Trinajstić information content (AvgIpc) is 2.74. The minimum Gasteiger partial charge on any atom is -0.493 e. The van der Waals surface area contributed by atoms with Crippen LogP contribution in [0.2, 0.25) is 0 Å². The number of hydrogen-bond acceptors (Lipinski definition) is 3. The molecule has 0 unspecified atom stereocenters. The molecule has 0 atom stereocenters. The van der Waals surface area contributed by atoms with Crippen molar-refractivity contribution in [3.63, 3.8) is 0 Å². The van der Waals surface area contributed by atoms with E-state index >= 15 is 0 Å². The molecule has 2 aromatic carbocycles. The number of aryl methyl sites for hydroxylation is 2. The van der Waals surface area contributed by atoms with Gasteiger partial charge in [0.1, 0.15) is 11.6 Å². The first-order chi connectivity index (χ1) is 14.1. The highest BCUT2D eigenvalue weighted by molar-refractivity contribution is 5.70. The number of piperidine rings is 1. The van der Waals surface area contributed by atoms with E-state index in [1.54, 1.807) is 0 Å². The van der Waals surface area contributed by atoms with Crippen LogP contribution < -0.4 is 4.74 Å². The highest BCUT2D eigenvalue weighted by Gasteiger charge is 2.23. The summed E-state index contributed by atoms with van der Waals surface area (Å²) in [5.74, 6) is -0.0993. The molecule has 3 rings (SSSR count). The van der Waals surface area contributed by atoms with Crippen LogP contribution in [0.4, 0.5) is 4.39 Å². The maximum Gasteiger partial charge on any atom is 0.306 e. The van der Waals surface area contributed by atoms with Gasteiger partial charge in [-0.1, -0.05) is 30.3 Å². The zero-order valence-corrected chi connectivity index (χ0v) is 16.9. The zero-order valence-electron chi connectivity index (χ0n) is 16.9. The summed E-state index contributed by atoms with van der Waals surface area (Å²) in [5.41, 5.74) is 2.29. The maximum atomic E-state index is 13.0. The summed E-state index contributed by atoms with van der Waals surface area (Å²) in [4.78, 5) is 13.4. The molecule has 156 valence electrons. The fraction of sp³-hybridized carbons (Fsp3) is 0.458. The molecule has 29 heavy (non-hydrogen) atoms. The van der Waals surface area contributed by atoms with Gasteiger partial charge in [-0.15, -0.1) is 0 Å². The monoisotopic (exact) mass is 399 g/mol. The topological polar surface area (TPSA) is 49.8 Å². The summed E-state index contributed by atoms with van der Waals surface area (Å²) in [5, 5.41) is 9.06. The van der Waals surface area contributed by atoms with Gasteiger partial charge in [0, 0.05) is 0 Å². The molecule has 0 aromatic heterocycles. The largest absolute Gasteiger partial charge is 0.493 e. The standard InChI is InChI=1S/C24H30FNO3/c25-22-11-8-19(9-12-22)7-10-20-5-1-2-6-23(20)29-18-4-3-15-26-16-13-21(14-17-26)24(27)28/h1-2,5-6,8-9,11-12,21H,3-4,7,10,13-18H2,(H,27,28). The minimum absolute atomic E-state index is 0.166. The van der Waals surface area contributed by atoms with Crippen molar-refractivity contribution in [3.05, 3.63) is 65.5 Å². The number of carboxylic acid groups (broad SMARTS) is 1. The van der Waals surface area contributed by atoms with Crippen LogP contribution in [-0.4, -0.2) is 42.2 Å². The number of halogens is 1. The SMILES string of the molecule is O=C(O)C1CCN(CCCCOc2ccccc2CCc2ccc(F)cc2)CC1. The van der Waals surface area contributed by atoms with Crippen molar-refractivity contribution in [1.29, 1.82) is 0 Å². The molecule has 0 amide bonds. The highest BCUT2D eigenvalue weighted by Crippen LogP contribution is 2.21. The maximum absolute atomic E-state index is 13.0. The molecular formula is C24H30FNO3. The summed E-state index contributed by atoms with van der Waals surface area (Å²) in [6.07, 6.45) is 5.26. The Hall–Kier alpha value is -2.40. The smallest absolute Gasteiger partial charge is 0.306 e. The second-order valence-electron chi connectivity index (χ2n) is 7.74. The van der Waals surface area contributed by atoms with E-state index in [0.717, 1.165) is 69.5 Å². The molecule has 4 nitrogen and oxygen atoms in total. The number of ether oxygens (including phenoxy) is 1. The number of carboxylic acids is 1. The summed E-state index contributed by atoms with van der Waals surface area (Å²) in [7, 11) is 0. The number of carbonyl (C=O) groups is 1. The van der Waals surface area contributed by atoms with Crippen LogP contribution in [0, 0.1) is 11.7 Å². The minimum atomic E-state index is -0.656. The summed E-state index contributed by atoms with van der Waals surface area (Å²) < 4.78 is 19.1. The fourth-order valence-electron chi connectivity index (χ4n) is 3.80. The Bertz CT molecular complexity index is 770. The molecule has 0 spiro atoms. The zero-order chi connectivity index (χ0) is 20.5. The first kappa shape index (κ1) is 21.3. The number of likely N-dealkylation sites (tertiary alicyclic amines) is 1. The number of unbranched alkanes of at least 4 members (excludes halogenated alkanes) is 1. The van der Waals surface area contributed by atoms with Crippen molar-refractivity contribution in [3.8, 4) is 5.75 Å². The van der Waals surface area contributed by atoms with Crippen molar-refractivity contribution in [1.82, 2.24) is 4.90 Å². The number of nitrogens with zero attached hydrogens (tertiary/aromatic N) is 1. The van der Waals surface area contributed by atoms with Gasteiger partial charge in [-0.3, -0.25) is 4.79 Å². The summed E-state index contributed by atoms with van der Waals surface area (Å²) >= 11 is 0. The lowest BCUT2D eigenvalue weighted by atomic mass is 9.97. The van der Waals surface area contributed by atoms with Crippen molar-refractivity contribution in [2.24, 2.45) is 5.92 Å². The van der Waals surface area contributed by atoms with Crippen LogP contribution in [0.3, 0.4) is 0 Å². The Morgan fingerprint density at radius 3 is 2.48 bits per heavy atom. The lowest BCUT2D eigenvalue weighted by Crippen LogP contribution is -2.36. The van der Waals surface area contributed by atoms with Gasteiger partial charge < -0.3 is 14.7 Å². The van der Waals surface area contributed by atoms with E-state index in [1.165, 1.54) is 17.7 Å². The van der Waals surface area contributed by atoms with Gasteiger partial charge in [-0.2, -0.15) is 0 Å². The molecule has 0 bridgehead atoms. The molecule has 0 radical (unpaired) electrons. The van der Waals surface area contributed by atoms with Gasteiger partial charge in [-0.25, -0.2) is 4.39 Å². The molecule has 2 aromatic rings. The Kier molecular flexibility index (Phi) is 8.05. The third-order valence-electron chi connectivity index (χ3n) is 5.63. The predicted molar refractivity (Wildman–Crippen MR) is 112 cm³/mol. The van der Waals surface area contributed by atoms with Crippen LogP contribution in [0.15, 0.2) is 48.5 Å². The second kappa shape index (κ2) is 11.0. The lowest BCUT2D eigenvalue weighted by Gasteiger charge is -2.29. The van der Waals surface area contributed by atoms with Crippen LogP contribution >= 0.6 is 0 Å². The Morgan fingerprint density at radius 1 is 1.03 bits per heavy atom. The molecular weight excluding hydrogens is 369 g/mol. The first-order valence-corrected chi connectivity index (χ1v) is 10.5. The first-order valence-electron chi connectivity index (χ1n) is 10.5. The van der Waals surface area contributed by atoms with Crippen LogP contribution in [-0.2, 0) is 17.6 Å². The molecule has 1 heterocycles. The van der Waals surface area contributed by atoms with Crippen LogP contribution in [0.25, 0.3) is 0 Å². The van der Waals surface area contributed by atoms with Gasteiger partial charge in [0.2, 0.25) is 0 Å². The van der Waals surface area contributed by atoms with Gasteiger partial charge >= 0.3 is 5.97 Å². The Morgan fingerprint density at radius 2 is 1.76 bits per heavy atom. The number of aliphatic carboxylic acids is 1. The van der Waals surface area contributed by atoms with Crippen LogP contribution in [0.1, 0.15) is 36.8 Å². The van der Waals surface area contributed by atoms with Crippen molar-refractivity contribution >= 4 is 5.97 Å². The number of rotatable bonds is 10.